The molecule has 1 N–H and O–H groups in total. The fourth-order valence-electron chi connectivity index (χ4n) is 1.78. The second-order valence-corrected chi connectivity index (χ2v) is 8.24. The van der Waals surface area contributed by atoms with Crippen LogP contribution in [0.25, 0.3) is 0 Å². The van der Waals surface area contributed by atoms with E-state index in [4.69, 9.17) is 0 Å². The Kier molecular flexibility index (Phi) is 4.39. The van der Waals surface area contributed by atoms with Crippen LogP contribution in [0.3, 0.4) is 0 Å². The van der Waals surface area contributed by atoms with Crippen molar-refractivity contribution in [3.8, 4) is 0 Å². The highest BCUT2D eigenvalue weighted by atomic mass is 79.9. The Morgan fingerprint density at radius 1 is 1.05 bits per heavy atom. The topological polar surface area (TPSA) is 59.1 Å². The first-order valence-corrected chi connectivity index (χ1v) is 8.71. The van der Waals surface area contributed by atoms with Gasteiger partial charge in [0.15, 0.2) is 0 Å². The Hall–Kier alpha value is -1.40. The molecule has 2 aromatic rings. The van der Waals surface area contributed by atoms with E-state index in [2.05, 4.69) is 46.4 Å². The Morgan fingerprint density at radius 3 is 2.14 bits per heavy atom. The van der Waals surface area contributed by atoms with Crippen molar-refractivity contribution >= 4 is 31.6 Å². The van der Waals surface area contributed by atoms with Crippen LogP contribution >= 0.6 is 15.9 Å². The molecule has 0 spiro atoms. The summed E-state index contributed by atoms with van der Waals surface area (Å²) in [6.07, 6.45) is 1.46. The van der Waals surface area contributed by atoms with Gasteiger partial charge in [-0.3, -0.25) is 4.72 Å². The molecule has 112 valence electrons. The molecule has 0 saturated carbocycles. The normalized spacial score (nSPS) is 12.2. The van der Waals surface area contributed by atoms with Gasteiger partial charge in [-0.25, -0.2) is 13.4 Å². The molecule has 4 nitrogen and oxygen atoms in total. The minimum atomic E-state index is -3.59. The summed E-state index contributed by atoms with van der Waals surface area (Å²) in [5, 5.41) is 0. The number of sulfonamides is 1. The van der Waals surface area contributed by atoms with E-state index in [0.29, 0.717) is 10.3 Å². The van der Waals surface area contributed by atoms with Crippen molar-refractivity contribution in [1.82, 2.24) is 4.98 Å². The SMILES string of the molecule is CC(C)(C)c1ccc(S(=O)(=O)Nc2ccc(Br)nc2)cc1. The van der Waals surface area contributed by atoms with Gasteiger partial charge in [-0.2, -0.15) is 0 Å². The van der Waals surface area contributed by atoms with Crippen molar-refractivity contribution in [1.29, 1.82) is 0 Å². The lowest BCUT2D eigenvalue weighted by Gasteiger charge is -2.19. The number of nitrogens with one attached hydrogen (secondary N) is 1. The first-order valence-electron chi connectivity index (χ1n) is 6.43. The molecule has 0 saturated heterocycles. The first kappa shape index (κ1) is 16.0. The van der Waals surface area contributed by atoms with Crippen molar-refractivity contribution in [2.24, 2.45) is 0 Å². The number of benzene rings is 1. The summed E-state index contributed by atoms with van der Waals surface area (Å²) in [6, 6.07) is 10.3. The van der Waals surface area contributed by atoms with Gasteiger partial charge in [0, 0.05) is 0 Å². The van der Waals surface area contributed by atoms with Gasteiger partial charge < -0.3 is 0 Å². The number of aromatic nitrogens is 1. The molecule has 0 aliphatic carbocycles. The van der Waals surface area contributed by atoms with Crippen LogP contribution in [0.1, 0.15) is 26.3 Å². The molecular weight excluding hydrogens is 352 g/mol. The van der Waals surface area contributed by atoms with Gasteiger partial charge in [-0.15, -0.1) is 0 Å². The van der Waals surface area contributed by atoms with Crippen LogP contribution in [0.4, 0.5) is 5.69 Å². The standard InChI is InChI=1S/C15H17BrN2O2S/c1-15(2,3)11-4-7-13(8-5-11)21(19,20)18-12-6-9-14(16)17-10-12/h4-10,18H,1-3H3. The van der Waals surface area contributed by atoms with Gasteiger partial charge in [0.2, 0.25) is 0 Å². The fraction of sp³-hybridized carbons (Fsp3) is 0.267. The van der Waals surface area contributed by atoms with E-state index in [1.165, 1.54) is 6.20 Å². The maximum atomic E-state index is 12.3. The van der Waals surface area contributed by atoms with Crippen molar-refractivity contribution in [2.45, 2.75) is 31.1 Å². The largest absolute Gasteiger partial charge is 0.278 e. The second-order valence-electron chi connectivity index (χ2n) is 5.75. The van der Waals surface area contributed by atoms with E-state index in [0.717, 1.165) is 5.56 Å². The molecule has 0 aliphatic heterocycles. The molecule has 21 heavy (non-hydrogen) atoms. The molecule has 1 heterocycles. The van der Waals surface area contributed by atoms with Gasteiger partial charge >= 0.3 is 0 Å². The number of hydrogen-bond donors (Lipinski definition) is 1. The van der Waals surface area contributed by atoms with Gasteiger partial charge in [0.05, 0.1) is 16.8 Å². The number of halogens is 1. The Bertz CT molecular complexity index is 718. The van der Waals surface area contributed by atoms with Gasteiger partial charge in [0.1, 0.15) is 4.60 Å². The molecule has 1 aromatic heterocycles. The van der Waals surface area contributed by atoms with Crippen LogP contribution in [-0.4, -0.2) is 13.4 Å². The minimum absolute atomic E-state index is 0.00858. The summed E-state index contributed by atoms with van der Waals surface area (Å²) in [4.78, 5) is 4.23. The third kappa shape index (κ3) is 4.04. The van der Waals surface area contributed by atoms with Crippen LogP contribution in [-0.2, 0) is 15.4 Å². The maximum Gasteiger partial charge on any atom is 0.261 e. The predicted molar refractivity (Wildman–Crippen MR) is 87.9 cm³/mol. The summed E-state index contributed by atoms with van der Waals surface area (Å²) in [7, 11) is -3.59. The quantitative estimate of drug-likeness (QED) is 0.834. The molecule has 1 aromatic carbocycles. The molecule has 0 unspecified atom stereocenters. The molecule has 6 heteroatoms. The lowest BCUT2D eigenvalue weighted by atomic mass is 9.87. The summed E-state index contributed by atoms with van der Waals surface area (Å²) >= 11 is 3.21. The maximum absolute atomic E-state index is 12.3. The zero-order chi connectivity index (χ0) is 15.7. The smallest absolute Gasteiger partial charge is 0.261 e. The zero-order valence-corrected chi connectivity index (χ0v) is 14.5. The van der Waals surface area contributed by atoms with E-state index < -0.39 is 10.0 Å². The van der Waals surface area contributed by atoms with E-state index in [-0.39, 0.29) is 10.3 Å². The lowest BCUT2D eigenvalue weighted by Crippen LogP contribution is -2.15. The third-order valence-corrected chi connectivity index (χ3v) is 4.88. The van der Waals surface area contributed by atoms with Gasteiger partial charge in [-0.05, 0) is 51.2 Å². The zero-order valence-electron chi connectivity index (χ0n) is 12.1. The molecule has 0 radical (unpaired) electrons. The summed E-state index contributed by atoms with van der Waals surface area (Å²) in [5.41, 5.74) is 1.51. The summed E-state index contributed by atoms with van der Waals surface area (Å²) in [6.45, 7) is 6.26. The van der Waals surface area contributed by atoms with Crippen molar-refractivity contribution < 1.29 is 8.42 Å². The summed E-state index contributed by atoms with van der Waals surface area (Å²) in [5.74, 6) is 0. The highest BCUT2D eigenvalue weighted by Crippen LogP contribution is 2.24. The van der Waals surface area contributed by atoms with Gasteiger partial charge in [0.25, 0.3) is 10.0 Å². The molecular formula is C15H17BrN2O2S. The lowest BCUT2D eigenvalue weighted by molar-refractivity contribution is 0.587. The number of nitrogens with zero attached hydrogens (tertiary/aromatic N) is 1. The molecule has 0 bridgehead atoms. The highest BCUT2D eigenvalue weighted by molar-refractivity contribution is 9.10. The van der Waals surface area contributed by atoms with Crippen LogP contribution in [0.5, 0.6) is 0 Å². The number of hydrogen-bond acceptors (Lipinski definition) is 3. The number of anilines is 1. The Morgan fingerprint density at radius 2 is 1.67 bits per heavy atom. The molecule has 0 amide bonds. The number of rotatable bonds is 3. The molecule has 2 rings (SSSR count). The van der Waals surface area contributed by atoms with E-state index in [1.807, 2.05) is 12.1 Å². The molecule has 0 aliphatic rings. The van der Waals surface area contributed by atoms with E-state index in [9.17, 15) is 8.42 Å². The third-order valence-electron chi connectivity index (χ3n) is 3.01. The molecule has 0 fully saturated rings. The van der Waals surface area contributed by atoms with Crippen LogP contribution < -0.4 is 4.72 Å². The Labute approximate surface area is 133 Å². The minimum Gasteiger partial charge on any atom is -0.278 e. The van der Waals surface area contributed by atoms with E-state index in [1.54, 1.807) is 24.3 Å². The number of pyridine rings is 1. The van der Waals surface area contributed by atoms with Gasteiger partial charge in [-0.1, -0.05) is 32.9 Å². The average Bonchev–Trinajstić information content (AvgIpc) is 2.40. The monoisotopic (exact) mass is 368 g/mol. The van der Waals surface area contributed by atoms with Crippen LogP contribution in [0.15, 0.2) is 52.1 Å². The van der Waals surface area contributed by atoms with Crippen LogP contribution in [0.2, 0.25) is 0 Å². The van der Waals surface area contributed by atoms with Crippen molar-refractivity contribution in [2.75, 3.05) is 4.72 Å². The molecule has 0 atom stereocenters. The van der Waals surface area contributed by atoms with Crippen molar-refractivity contribution in [3.63, 3.8) is 0 Å². The van der Waals surface area contributed by atoms with Crippen molar-refractivity contribution in [3.05, 3.63) is 52.8 Å². The second kappa shape index (κ2) is 5.77. The van der Waals surface area contributed by atoms with Crippen LogP contribution in [0, 0.1) is 0 Å². The van der Waals surface area contributed by atoms with E-state index >= 15 is 0 Å². The fourth-order valence-corrected chi connectivity index (χ4v) is 3.06. The summed E-state index contributed by atoms with van der Waals surface area (Å²) < 4.78 is 27.8. The predicted octanol–water partition coefficient (Wildman–Crippen LogP) is 3.94. The highest BCUT2D eigenvalue weighted by Gasteiger charge is 2.17. The Balaban J connectivity index is 2.25. The first-order chi connectivity index (χ1) is 9.68. The average molecular weight is 369 g/mol.